The lowest BCUT2D eigenvalue weighted by atomic mass is 9.87. The zero-order valence-electron chi connectivity index (χ0n) is 29.0. The molecule has 0 radical (unpaired) electrons. The van der Waals surface area contributed by atoms with Crippen LogP contribution in [-0.2, 0) is 35.1 Å². The molecule has 262 valence electrons. The summed E-state index contributed by atoms with van der Waals surface area (Å²) in [5.41, 5.74) is 5.37. The number of esters is 1. The highest BCUT2D eigenvalue weighted by atomic mass is 16.6. The molecule has 3 rings (SSSR count). The number of nitrogens with one attached hydrogen (secondary N) is 2. The van der Waals surface area contributed by atoms with Gasteiger partial charge in [0.1, 0.15) is 35.1 Å². The summed E-state index contributed by atoms with van der Waals surface area (Å²) >= 11 is 0. The van der Waals surface area contributed by atoms with E-state index >= 15 is 0 Å². The highest BCUT2D eigenvalue weighted by molar-refractivity contribution is 5.94. The molecule has 2 aromatic carbocycles. The van der Waals surface area contributed by atoms with Crippen molar-refractivity contribution in [1.82, 2.24) is 15.5 Å². The Kier molecular flexibility index (Phi) is 12.6. The summed E-state index contributed by atoms with van der Waals surface area (Å²) in [6.45, 7) is 11.9. The smallest absolute Gasteiger partial charge is 0.408 e. The number of aryl methyl sites for hydroxylation is 1. The number of aromatic hydroxyl groups is 1. The van der Waals surface area contributed by atoms with Gasteiger partial charge in [0.2, 0.25) is 17.7 Å². The number of phenolic OH excluding ortho intramolecular Hbond substituents is 1. The molecule has 12 heteroatoms. The van der Waals surface area contributed by atoms with Gasteiger partial charge in [0, 0.05) is 18.9 Å². The van der Waals surface area contributed by atoms with Crippen LogP contribution in [0.25, 0.3) is 0 Å². The Balaban J connectivity index is 2.10. The highest BCUT2D eigenvalue weighted by Crippen LogP contribution is 2.35. The van der Waals surface area contributed by atoms with E-state index in [-0.39, 0.29) is 25.0 Å². The predicted molar refractivity (Wildman–Crippen MR) is 180 cm³/mol. The van der Waals surface area contributed by atoms with E-state index in [0.717, 1.165) is 12.0 Å². The van der Waals surface area contributed by atoms with Gasteiger partial charge in [-0.1, -0.05) is 36.4 Å². The molecule has 0 bridgehead atoms. The Hall–Kier alpha value is -4.61. The summed E-state index contributed by atoms with van der Waals surface area (Å²) in [4.78, 5) is 68.7. The van der Waals surface area contributed by atoms with Gasteiger partial charge in [-0.3, -0.25) is 14.4 Å². The van der Waals surface area contributed by atoms with Crippen LogP contribution in [0.1, 0.15) is 96.4 Å². The van der Waals surface area contributed by atoms with Crippen LogP contribution in [-0.4, -0.2) is 69.1 Å². The minimum Gasteiger partial charge on any atom is -0.508 e. The van der Waals surface area contributed by atoms with Gasteiger partial charge in [-0.25, -0.2) is 9.59 Å². The SMILES string of the molecule is Cc1cc(C(C(=O)NC(Cc2ccccc2)C(=O)OC(C)(C)C)N(C(=O)C(CCC(N)=O)NC(=O)OC(C)(C)C)C2CCC2)ccc1O. The molecular weight excluding hydrogens is 616 g/mol. The monoisotopic (exact) mass is 666 g/mol. The number of carbonyl (C=O) groups is 5. The van der Waals surface area contributed by atoms with E-state index in [1.165, 1.54) is 11.0 Å². The van der Waals surface area contributed by atoms with E-state index in [1.54, 1.807) is 60.6 Å². The molecule has 0 saturated heterocycles. The number of alkyl carbamates (subject to hydrolysis) is 1. The Morgan fingerprint density at radius 3 is 2.06 bits per heavy atom. The standard InChI is InChI=1S/C36H50N4O8/c1-22-20-24(16-18-28(22)41)30(31(43)38-27(33(45)47-35(2,3)4)21-23-12-9-8-10-13-23)40(25-14-11-15-25)32(44)26(17-19-29(37)42)39-34(46)48-36(5,6)7/h8-10,12-13,16,18,20,25-27,30,41H,11,14-15,17,19,21H2,1-7H3,(H2,37,42)(H,38,43)(H,39,46). The van der Waals surface area contributed by atoms with E-state index in [4.69, 9.17) is 15.2 Å². The molecule has 0 aromatic heterocycles. The topological polar surface area (TPSA) is 177 Å². The summed E-state index contributed by atoms with van der Waals surface area (Å²) in [7, 11) is 0. The normalized spacial score (nSPS) is 15.2. The van der Waals surface area contributed by atoms with Crippen LogP contribution >= 0.6 is 0 Å². The van der Waals surface area contributed by atoms with E-state index in [9.17, 15) is 29.1 Å². The lowest BCUT2D eigenvalue weighted by Gasteiger charge is -2.44. The number of rotatable bonds is 13. The van der Waals surface area contributed by atoms with Gasteiger partial charge in [-0.05, 0) is 103 Å². The fourth-order valence-electron chi connectivity index (χ4n) is 5.31. The summed E-state index contributed by atoms with van der Waals surface area (Å²) in [5, 5.41) is 15.8. The van der Waals surface area contributed by atoms with Crippen molar-refractivity contribution in [3.63, 3.8) is 0 Å². The van der Waals surface area contributed by atoms with Crippen LogP contribution in [0.5, 0.6) is 5.75 Å². The van der Waals surface area contributed by atoms with Gasteiger partial charge in [0.15, 0.2) is 0 Å². The quantitative estimate of drug-likeness (QED) is 0.228. The van der Waals surface area contributed by atoms with Crippen molar-refractivity contribution >= 4 is 29.8 Å². The predicted octanol–water partition coefficient (Wildman–Crippen LogP) is 4.35. The van der Waals surface area contributed by atoms with Gasteiger partial charge >= 0.3 is 12.1 Å². The molecular formula is C36H50N4O8. The van der Waals surface area contributed by atoms with Crippen LogP contribution in [0.15, 0.2) is 48.5 Å². The number of hydrogen-bond donors (Lipinski definition) is 4. The Morgan fingerprint density at radius 2 is 1.54 bits per heavy atom. The number of hydrogen-bond acceptors (Lipinski definition) is 8. The minimum atomic E-state index is -1.28. The third kappa shape index (κ3) is 11.3. The van der Waals surface area contributed by atoms with Gasteiger partial charge in [-0.2, -0.15) is 0 Å². The second-order valence-corrected chi connectivity index (χ2v) is 14.3. The molecule has 1 saturated carbocycles. The first-order chi connectivity index (χ1) is 22.3. The third-order valence-corrected chi connectivity index (χ3v) is 7.74. The summed E-state index contributed by atoms with van der Waals surface area (Å²) in [5.74, 6) is -2.58. The van der Waals surface area contributed by atoms with Crippen molar-refractivity contribution in [3.05, 3.63) is 65.2 Å². The average molecular weight is 667 g/mol. The van der Waals surface area contributed by atoms with Crippen molar-refractivity contribution in [2.75, 3.05) is 0 Å². The van der Waals surface area contributed by atoms with Gasteiger partial charge < -0.3 is 35.8 Å². The van der Waals surface area contributed by atoms with E-state index in [0.29, 0.717) is 24.0 Å². The number of nitrogens with two attached hydrogens (primary N) is 1. The van der Waals surface area contributed by atoms with Gasteiger partial charge in [-0.15, -0.1) is 0 Å². The Labute approximate surface area is 282 Å². The summed E-state index contributed by atoms with van der Waals surface area (Å²) < 4.78 is 11.1. The summed E-state index contributed by atoms with van der Waals surface area (Å²) in [6.07, 6.45) is 0.890. The van der Waals surface area contributed by atoms with Crippen LogP contribution < -0.4 is 16.4 Å². The first-order valence-corrected chi connectivity index (χ1v) is 16.3. The van der Waals surface area contributed by atoms with Crippen molar-refractivity contribution in [1.29, 1.82) is 0 Å². The number of ether oxygens (including phenoxy) is 2. The molecule has 4 amide bonds. The maximum absolute atomic E-state index is 14.5. The average Bonchev–Trinajstić information content (AvgIpc) is 2.93. The summed E-state index contributed by atoms with van der Waals surface area (Å²) in [6, 6.07) is 9.72. The van der Waals surface area contributed by atoms with Crippen LogP contribution in [0.2, 0.25) is 0 Å². The molecule has 0 spiro atoms. The molecule has 12 nitrogen and oxygen atoms in total. The van der Waals surface area contributed by atoms with Gasteiger partial charge in [0.05, 0.1) is 0 Å². The molecule has 0 heterocycles. The molecule has 2 aromatic rings. The number of primary amides is 1. The fraction of sp³-hybridized carbons (Fsp3) is 0.528. The van der Waals surface area contributed by atoms with Crippen LogP contribution in [0.4, 0.5) is 4.79 Å². The van der Waals surface area contributed by atoms with E-state index < -0.39 is 65.2 Å². The van der Waals surface area contributed by atoms with Crippen molar-refractivity contribution < 1.29 is 38.6 Å². The molecule has 48 heavy (non-hydrogen) atoms. The zero-order chi connectivity index (χ0) is 35.8. The van der Waals surface area contributed by atoms with Crippen molar-refractivity contribution in [2.45, 2.75) is 122 Å². The van der Waals surface area contributed by atoms with E-state index in [1.807, 2.05) is 30.3 Å². The second kappa shape index (κ2) is 16.0. The van der Waals surface area contributed by atoms with E-state index in [2.05, 4.69) is 10.6 Å². The van der Waals surface area contributed by atoms with Crippen molar-refractivity contribution in [3.8, 4) is 5.75 Å². The maximum Gasteiger partial charge on any atom is 0.408 e. The lowest BCUT2D eigenvalue weighted by Crippen LogP contribution is -2.58. The molecule has 3 unspecified atom stereocenters. The molecule has 1 aliphatic rings. The third-order valence-electron chi connectivity index (χ3n) is 7.74. The van der Waals surface area contributed by atoms with Crippen LogP contribution in [0.3, 0.4) is 0 Å². The molecule has 1 fully saturated rings. The largest absolute Gasteiger partial charge is 0.508 e. The Bertz CT molecular complexity index is 1460. The second-order valence-electron chi connectivity index (χ2n) is 14.3. The first kappa shape index (κ1) is 37.8. The van der Waals surface area contributed by atoms with Gasteiger partial charge in [0.25, 0.3) is 0 Å². The van der Waals surface area contributed by atoms with Crippen molar-refractivity contribution in [2.24, 2.45) is 5.73 Å². The first-order valence-electron chi connectivity index (χ1n) is 16.3. The minimum absolute atomic E-state index is 0.000986. The number of amides is 4. The molecule has 3 atom stereocenters. The maximum atomic E-state index is 14.5. The number of phenols is 1. The molecule has 5 N–H and O–H groups in total. The number of nitrogens with zero attached hydrogens (tertiary/aromatic N) is 1. The lowest BCUT2D eigenvalue weighted by molar-refractivity contribution is -0.159. The molecule has 1 aliphatic carbocycles. The Morgan fingerprint density at radius 1 is 0.917 bits per heavy atom. The zero-order valence-corrected chi connectivity index (χ0v) is 29.0. The van der Waals surface area contributed by atoms with Crippen LogP contribution in [0, 0.1) is 6.92 Å². The highest BCUT2D eigenvalue weighted by Gasteiger charge is 2.43. The molecule has 0 aliphatic heterocycles. The fourth-order valence-corrected chi connectivity index (χ4v) is 5.31. The number of benzene rings is 2. The number of carbonyl (C=O) groups excluding carboxylic acids is 5.